The van der Waals surface area contributed by atoms with Gasteiger partial charge in [0.1, 0.15) is 11.3 Å². The molecule has 0 aromatic heterocycles. The van der Waals surface area contributed by atoms with E-state index in [1.807, 2.05) is 58.0 Å². The maximum absolute atomic E-state index is 14.0. The van der Waals surface area contributed by atoms with Crippen molar-refractivity contribution in [3.8, 4) is 22.5 Å². The molecule has 10 nitrogen and oxygen atoms in total. The Balaban J connectivity index is 1.46. The van der Waals surface area contributed by atoms with Crippen LogP contribution >= 0.6 is 0 Å². The standard InChI is InChI=1S/C37H42N4O6/c1-6-38-29-21-31-27(19-23(29)3)36(28-20-24(4)30(39-7-2)22-32(28)46-31)25-13-10-11-14-26(25)37(45)40(5)18-12-8-9-15-35(44)47-41-33(42)16-17-34(41)43/h10-11,13-14,19-22,38H,6-9,12,15-18H2,1-5H3/b39-30+/i21D,22D. The second kappa shape index (κ2) is 14.6. The zero-order chi connectivity index (χ0) is 35.4. The Kier molecular flexibility index (Phi) is 9.53. The van der Waals surface area contributed by atoms with Crippen molar-refractivity contribution in [3.63, 3.8) is 0 Å². The second-order valence-electron chi connectivity index (χ2n) is 11.7. The number of anilines is 1. The Morgan fingerprint density at radius 2 is 1.77 bits per heavy atom. The number of unbranched alkanes of at least 4 members (excludes halogenated alkanes) is 2. The van der Waals surface area contributed by atoms with E-state index in [0.29, 0.717) is 94.0 Å². The van der Waals surface area contributed by atoms with Gasteiger partial charge in [0.25, 0.3) is 17.7 Å². The molecule has 0 unspecified atom stereocenters. The molecule has 0 saturated carbocycles. The number of imide groups is 1. The average Bonchev–Trinajstić information content (AvgIpc) is 3.39. The van der Waals surface area contributed by atoms with Crippen LogP contribution in [0.4, 0.5) is 5.69 Å². The molecule has 0 spiro atoms. The minimum absolute atomic E-state index is 0.0466. The lowest BCUT2D eigenvalue weighted by Gasteiger charge is -2.22. The molecule has 2 aromatic carbocycles. The van der Waals surface area contributed by atoms with Crippen LogP contribution in [-0.2, 0) is 19.2 Å². The zero-order valence-corrected chi connectivity index (χ0v) is 27.6. The van der Waals surface area contributed by atoms with Crippen LogP contribution in [0.1, 0.15) is 76.6 Å². The van der Waals surface area contributed by atoms with Crippen molar-refractivity contribution in [2.75, 3.05) is 32.0 Å². The predicted molar refractivity (Wildman–Crippen MR) is 181 cm³/mol. The molecule has 0 radical (unpaired) electrons. The Labute approximate surface area is 277 Å². The molecule has 0 atom stereocenters. The summed E-state index contributed by atoms with van der Waals surface area (Å²) in [7, 11) is 1.73. The first-order valence-corrected chi connectivity index (χ1v) is 16.1. The van der Waals surface area contributed by atoms with Crippen molar-refractivity contribution < 1.29 is 31.2 Å². The zero-order valence-electron chi connectivity index (χ0n) is 29.6. The summed E-state index contributed by atoms with van der Waals surface area (Å²) in [6.07, 6.45) is 1.87. The highest BCUT2D eigenvalue weighted by Crippen LogP contribution is 2.43. The van der Waals surface area contributed by atoms with Gasteiger partial charge in [0.15, 0.2) is 0 Å². The molecule has 3 amide bonds. The van der Waals surface area contributed by atoms with Crippen molar-refractivity contribution in [3.05, 3.63) is 70.5 Å². The van der Waals surface area contributed by atoms with Gasteiger partial charge in [-0.05, 0) is 75.4 Å². The number of rotatable bonds is 12. The monoisotopic (exact) mass is 640 g/mol. The van der Waals surface area contributed by atoms with E-state index < -0.39 is 17.8 Å². The lowest BCUT2D eigenvalue weighted by Crippen LogP contribution is -2.32. The van der Waals surface area contributed by atoms with E-state index in [1.54, 1.807) is 18.0 Å². The highest BCUT2D eigenvalue weighted by molar-refractivity contribution is 6.09. The summed E-state index contributed by atoms with van der Waals surface area (Å²) >= 11 is 0. The van der Waals surface area contributed by atoms with Crippen molar-refractivity contribution in [1.29, 1.82) is 0 Å². The number of fused-ring (bicyclic) bond motifs is 2. The molecular formula is C37H42N4O6. The largest absolute Gasteiger partial charge is 0.456 e. The van der Waals surface area contributed by atoms with E-state index in [-0.39, 0.29) is 37.3 Å². The number of hydrogen-bond acceptors (Lipinski definition) is 8. The van der Waals surface area contributed by atoms with E-state index in [4.69, 9.17) is 12.0 Å². The Bertz CT molecular complexity index is 1970. The van der Waals surface area contributed by atoms with E-state index in [0.717, 1.165) is 11.1 Å². The van der Waals surface area contributed by atoms with Crippen molar-refractivity contribution >= 4 is 40.3 Å². The number of hydrogen-bond donors (Lipinski definition) is 1. The predicted octanol–water partition coefficient (Wildman–Crippen LogP) is 6.41. The number of carbonyl (C=O) groups is 4. The molecule has 0 bridgehead atoms. The number of amides is 3. The first kappa shape index (κ1) is 30.7. The van der Waals surface area contributed by atoms with Gasteiger partial charge >= 0.3 is 5.97 Å². The van der Waals surface area contributed by atoms with E-state index in [2.05, 4.69) is 10.3 Å². The number of aryl methyl sites for hydroxylation is 2. The molecule has 3 aliphatic rings. The molecular weight excluding hydrogens is 596 g/mol. The summed E-state index contributed by atoms with van der Waals surface area (Å²) in [5.41, 5.74) is 5.13. The second-order valence-corrected chi connectivity index (χ2v) is 11.7. The van der Waals surface area contributed by atoms with E-state index in [9.17, 15) is 19.2 Å². The van der Waals surface area contributed by atoms with Crippen LogP contribution in [0, 0.1) is 13.8 Å². The number of nitrogens with zero attached hydrogens (tertiary/aromatic N) is 3. The van der Waals surface area contributed by atoms with Crippen LogP contribution in [-0.4, -0.2) is 60.3 Å². The third-order valence-corrected chi connectivity index (χ3v) is 8.21. The van der Waals surface area contributed by atoms with Gasteiger partial charge < -0.3 is 19.5 Å². The highest BCUT2D eigenvalue weighted by Gasteiger charge is 2.32. The van der Waals surface area contributed by atoms with Crippen LogP contribution in [0.5, 0.6) is 0 Å². The van der Waals surface area contributed by atoms with Crippen molar-refractivity contribution in [2.24, 2.45) is 4.99 Å². The van der Waals surface area contributed by atoms with E-state index >= 15 is 0 Å². The summed E-state index contributed by atoms with van der Waals surface area (Å²) < 4.78 is 24.6. The maximum Gasteiger partial charge on any atom is 0.333 e. The van der Waals surface area contributed by atoms with Gasteiger partial charge in [-0.25, -0.2) is 4.79 Å². The fraction of sp³-hybridized carbons (Fsp3) is 0.378. The Morgan fingerprint density at radius 1 is 1.02 bits per heavy atom. The SMILES string of the molecule is [2H]c1c2oc3c([2H])c(NCC)c(C)cc3c(-c3ccccc3C(=O)N(C)CCCCCC(=O)ON3C(=O)CCC3=O)c-2cc(C)/c1=N/CC. The highest BCUT2D eigenvalue weighted by atomic mass is 16.7. The Hall–Kier alpha value is -4.99. The van der Waals surface area contributed by atoms with Gasteiger partial charge in [-0.3, -0.25) is 19.4 Å². The fourth-order valence-corrected chi connectivity index (χ4v) is 5.81. The molecule has 246 valence electrons. The summed E-state index contributed by atoms with van der Waals surface area (Å²) in [6, 6.07) is 11.6. The van der Waals surface area contributed by atoms with E-state index in [1.165, 1.54) is 0 Å². The first-order chi connectivity index (χ1) is 23.5. The third kappa shape index (κ3) is 7.21. The summed E-state index contributed by atoms with van der Waals surface area (Å²) in [5, 5.41) is 5.02. The van der Waals surface area contributed by atoms with Gasteiger partial charge in [0.2, 0.25) is 0 Å². The van der Waals surface area contributed by atoms with Gasteiger partial charge in [0, 0.05) is 85.8 Å². The van der Waals surface area contributed by atoms with Crippen LogP contribution in [0.3, 0.4) is 0 Å². The molecule has 47 heavy (non-hydrogen) atoms. The molecule has 1 saturated heterocycles. The number of carbonyl (C=O) groups excluding carboxylic acids is 4. The summed E-state index contributed by atoms with van der Waals surface area (Å²) in [5.74, 6) is -1.56. The summed E-state index contributed by atoms with van der Waals surface area (Å²) in [4.78, 5) is 60.7. The molecule has 1 aliphatic carbocycles. The van der Waals surface area contributed by atoms with Crippen LogP contribution in [0.2, 0.25) is 0 Å². The smallest absolute Gasteiger partial charge is 0.333 e. The third-order valence-electron chi connectivity index (χ3n) is 8.21. The lowest BCUT2D eigenvalue weighted by atomic mass is 9.89. The van der Waals surface area contributed by atoms with Crippen LogP contribution in [0.15, 0.2) is 57.9 Å². The van der Waals surface area contributed by atoms with Gasteiger partial charge in [0.05, 0.1) is 8.10 Å². The van der Waals surface area contributed by atoms with Crippen LogP contribution < -0.4 is 10.7 Å². The number of benzene rings is 3. The van der Waals surface area contributed by atoms with Gasteiger partial charge in [-0.2, -0.15) is 0 Å². The lowest BCUT2D eigenvalue weighted by molar-refractivity contribution is -0.197. The fourth-order valence-electron chi connectivity index (χ4n) is 5.81. The van der Waals surface area contributed by atoms with Crippen molar-refractivity contribution in [2.45, 2.75) is 66.2 Å². The van der Waals surface area contributed by atoms with Gasteiger partial charge in [-0.1, -0.05) is 24.6 Å². The van der Waals surface area contributed by atoms with Crippen molar-refractivity contribution in [1.82, 2.24) is 9.96 Å². The quantitative estimate of drug-likeness (QED) is 0.108. The summed E-state index contributed by atoms with van der Waals surface area (Å²) in [6.45, 7) is 9.26. The van der Waals surface area contributed by atoms with Gasteiger partial charge in [-0.15, -0.1) is 5.06 Å². The molecule has 1 fully saturated rings. The molecule has 2 aromatic rings. The maximum atomic E-state index is 14.0. The molecule has 2 aliphatic heterocycles. The molecule has 2 heterocycles. The molecule has 5 rings (SSSR count). The minimum atomic E-state index is -0.638. The molecule has 10 heteroatoms. The first-order valence-electron chi connectivity index (χ1n) is 17.1. The number of hydroxylamine groups is 2. The number of nitrogens with one attached hydrogen (secondary N) is 1. The minimum Gasteiger partial charge on any atom is -0.456 e. The normalized spacial score (nSPS) is 14.1. The average molecular weight is 641 g/mol. The molecule has 1 N–H and O–H groups in total. The topological polar surface area (TPSA) is 122 Å². The Morgan fingerprint density at radius 3 is 2.49 bits per heavy atom. The van der Waals surface area contributed by atoms with Crippen LogP contribution in [0.25, 0.3) is 33.4 Å².